The van der Waals surface area contributed by atoms with E-state index < -0.39 is 11.3 Å². The molecule has 1 atom stereocenters. The van der Waals surface area contributed by atoms with Crippen LogP contribution in [0.3, 0.4) is 0 Å². The van der Waals surface area contributed by atoms with Gasteiger partial charge < -0.3 is 9.59 Å². The van der Waals surface area contributed by atoms with Crippen LogP contribution in [0.25, 0.3) is 0 Å². The molecule has 0 amide bonds. The molecule has 1 unspecified atom stereocenters. The largest absolute Gasteiger partial charge is 0.303 e. The molecule has 5 aromatic rings. The second-order valence-corrected chi connectivity index (χ2v) is 9.53. The van der Waals surface area contributed by atoms with E-state index in [1.54, 1.807) is 0 Å². The molecule has 0 bridgehead atoms. The summed E-state index contributed by atoms with van der Waals surface area (Å²) >= 11 is 0. The lowest BCUT2D eigenvalue weighted by atomic mass is 9.67. The Labute approximate surface area is 236 Å². The highest BCUT2D eigenvalue weighted by Crippen LogP contribution is 2.41. The standard InChI is InChI=1S/C21H18O.C16H14O2/c22-17-16-21(18-10-4-1-5-11-18,19-12-6-2-7-13-19)20-14-8-3-9-15-20;17-12-15(14-9-5-2-6-10-14)16(18)11-13-7-3-1-4-8-13/h1-15,17H,16H2;1-10,12,15H,11H2. The Hall–Kier alpha value is -4.89. The van der Waals surface area contributed by atoms with Crippen molar-refractivity contribution < 1.29 is 14.4 Å². The number of aldehydes is 2. The first-order valence-corrected chi connectivity index (χ1v) is 13.4. The molecule has 0 saturated carbocycles. The van der Waals surface area contributed by atoms with Crippen LogP contribution in [0.15, 0.2) is 152 Å². The zero-order valence-electron chi connectivity index (χ0n) is 22.3. The van der Waals surface area contributed by atoms with Crippen molar-refractivity contribution in [3.8, 4) is 0 Å². The van der Waals surface area contributed by atoms with Gasteiger partial charge in [0.05, 0.1) is 11.3 Å². The van der Waals surface area contributed by atoms with Crippen LogP contribution in [-0.2, 0) is 26.2 Å². The van der Waals surface area contributed by atoms with Crippen molar-refractivity contribution in [2.24, 2.45) is 0 Å². The Morgan fingerprint density at radius 2 is 0.925 bits per heavy atom. The minimum absolute atomic E-state index is 0.0672. The van der Waals surface area contributed by atoms with E-state index in [4.69, 9.17) is 0 Å². The summed E-state index contributed by atoms with van der Waals surface area (Å²) in [4.78, 5) is 34.8. The van der Waals surface area contributed by atoms with E-state index in [9.17, 15) is 14.4 Å². The third kappa shape index (κ3) is 6.75. The van der Waals surface area contributed by atoms with Crippen LogP contribution in [-0.4, -0.2) is 18.4 Å². The van der Waals surface area contributed by atoms with Crippen LogP contribution in [0, 0.1) is 0 Å². The van der Waals surface area contributed by atoms with Crippen LogP contribution >= 0.6 is 0 Å². The maximum atomic E-state index is 12.1. The first kappa shape index (κ1) is 28.1. The Kier molecular flexibility index (Phi) is 10.1. The highest BCUT2D eigenvalue weighted by molar-refractivity contribution is 5.99. The quantitative estimate of drug-likeness (QED) is 0.109. The van der Waals surface area contributed by atoms with Gasteiger partial charge in [-0.25, -0.2) is 0 Å². The predicted octanol–water partition coefficient (Wildman–Crippen LogP) is 7.39. The predicted molar refractivity (Wildman–Crippen MR) is 160 cm³/mol. The molecule has 0 heterocycles. The molecule has 0 saturated heterocycles. The van der Waals surface area contributed by atoms with Gasteiger partial charge in [0.25, 0.3) is 0 Å². The van der Waals surface area contributed by atoms with Crippen molar-refractivity contribution in [2.75, 3.05) is 0 Å². The van der Waals surface area contributed by atoms with E-state index in [0.717, 1.165) is 40.4 Å². The molecule has 0 radical (unpaired) electrons. The molecule has 0 aliphatic heterocycles. The van der Waals surface area contributed by atoms with Crippen LogP contribution in [0.5, 0.6) is 0 Å². The minimum atomic E-state index is -0.661. The van der Waals surface area contributed by atoms with E-state index in [2.05, 4.69) is 36.4 Å². The number of ketones is 1. The van der Waals surface area contributed by atoms with Gasteiger partial charge in [-0.1, -0.05) is 152 Å². The lowest BCUT2D eigenvalue weighted by molar-refractivity contribution is -0.123. The van der Waals surface area contributed by atoms with E-state index in [0.29, 0.717) is 12.8 Å². The Morgan fingerprint density at radius 1 is 0.550 bits per heavy atom. The van der Waals surface area contributed by atoms with Gasteiger partial charge in [0.1, 0.15) is 12.6 Å². The lowest BCUT2D eigenvalue weighted by Crippen LogP contribution is -2.29. The Morgan fingerprint density at radius 3 is 1.30 bits per heavy atom. The van der Waals surface area contributed by atoms with Crippen molar-refractivity contribution in [1.29, 1.82) is 0 Å². The number of rotatable bonds is 10. The average molecular weight is 525 g/mol. The van der Waals surface area contributed by atoms with Gasteiger partial charge in [-0.3, -0.25) is 4.79 Å². The summed E-state index contributed by atoms with van der Waals surface area (Å²) in [6.45, 7) is 0. The molecule has 3 nitrogen and oxygen atoms in total. The monoisotopic (exact) mass is 524 g/mol. The minimum Gasteiger partial charge on any atom is -0.303 e. The van der Waals surface area contributed by atoms with Gasteiger partial charge in [0.2, 0.25) is 0 Å². The molecule has 0 aliphatic rings. The van der Waals surface area contributed by atoms with E-state index in [1.807, 2.05) is 115 Å². The molecule has 5 aromatic carbocycles. The fraction of sp³-hybridized carbons (Fsp3) is 0.108. The van der Waals surface area contributed by atoms with Crippen LogP contribution in [0.4, 0.5) is 0 Å². The van der Waals surface area contributed by atoms with Crippen LogP contribution in [0.2, 0.25) is 0 Å². The second kappa shape index (κ2) is 14.3. The summed E-state index contributed by atoms with van der Waals surface area (Å²) in [5, 5.41) is 0. The molecule has 5 rings (SSSR count). The lowest BCUT2D eigenvalue weighted by Gasteiger charge is -2.34. The number of hydrogen-bond acceptors (Lipinski definition) is 3. The summed E-state index contributed by atoms with van der Waals surface area (Å²) in [5.74, 6) is -0.728. The molecule has 0 aliphatic carbocycles. The van der Waals surface area contributed by atoms with Gasteiger partial charge in [0, 0.05) is 12.8 Å². The summed E-state index contributed by atoms with van der Waals surface area (Å²) in [5.41, 5.74) is 4.67. The molecule has 0 aromatic heterocycles. The first-order chi connectivity index (χ1) is 19.7. The summed E-state index contributed by atoms with van der Waals surface area (Å²) in [7, 11) is 0. The fourth-order valence-electron chi connectivity index (χ4n) is 5.05. The number of carbonyl (C=O) groups excluding carboxylic acids is 3. The first-order valence-electron chi connectivity index (χ1n) is 13.4. The molecule has 0 fully saturated rings. The van der Waals surface area contributed by atoms with Gasteiger partial charge in [-0.05, 0) is 27.8 Å². The van der Waals surface area contributed by atoms with Crippen molar-refractivity contribution in [2.45, 2.75) is 24.2 Å². The van der Waals surface area contributed by atoms with Crippen molar-refractivity contribution in [3.05, 3.63) is 179 Å². The van der Waals surface area contributed by atoms with E-state index in [-0.39, 0.29) is 5.78 Å². The third-order valence-electron chi connectivity index (χ3n) is 7.05. The van der Waals surface area contributed by atoms with Crippen molar-refractivity contribution >= 4 is 18.4 Å². The molecule has 0 spiro atoms. The van der Waals surface area contributed by atoms with Crippen LogP contribution in [0.1, 0.15) is 40.2 Å². The molecule has 40 heavy (non-hydrogen) atoms. The zero-order chi connectivity index (χ0) is 28.0. The Bertz CT molecular complexity index is 1370. The van der Waals surface area contributed by atoms with Crippen LogP contribution < -0.4 is 0 Å². The SMILES string of the molecule is O=CC(C(=O)Cc1ccccc1)c1ccccc1.O=CCC(c1ccccc1)(c1ccccc1)c1ccccc1. The van der Waals surface area contributed by atoms with Gasteiger partial charge in [-0.15, -0.1) is 0 Å². The highest BCUT2D eigenvalue weighted by atomic mass is 16.1. The summed E-state index contributed by atoms with van der Waals surface area (Å²) in [6.07, 6.45) is 2.46. The summed E-state index contributed by atoms with van der Waals surface area (Å²) < 4.78 is 0. The number of carbonyl (C=O) groups is 3. The number of hydrogen-bond donors (Lipinski definition) is 0. The second-order valence-electron chi connectivity index (χ2n) is 9.53. The number of benzene rings is 5. The molecule has 198 valence electrons. The topological polar surface area (TPSA) is 51.2 Å². The molecule has 0 N–H and O–H groups in total. The van der Waals surface area contributed by atoms with Gasteiger partial charge in [-0.2, -0.15) is 0 Å². The maximum Gasteiger partial charge on any atom is 0.151 e. The summed E-state index contributed by atoms with van der Waals surface area (Å²) in [6, 6.07) is 49.4. The average Bonchev–Trinajstić information content (AvgIpc) is 3.03. The van der Waals surface area contributed by atoms with Gasteiger partial charge in [0.15, 0.2) is 5.78 Å². The molecular weight excluding hydrogens is 492 g/mol. The smallest absolute Gasteiger partial charge is 0.151 e. The Balaban J connectivity index is 0.000000189. The maximum absolute atomic E-state index is 12.1. The van der Waals surface area contributed by atoms with Crippen molar-refractivity contribution in [3.63, 3.8) is 0 Å². The van der Waals surface area contributed by atoms with Crippen molar-refractivity contribution in [1.82, 2.24) is 0 Å². The van der Waals surface area contributed by atoms with E-state index >= 15 is 0 Å². The van der Waals surface area contributed by atoms with E-state index in [1.165, 1.54) is 0 Å². The normalized spacial score (nSPS) is 11.4. The van der Waals surface area contributed by atoms with Gasteiger partial charge >= 0.3 is 0 Å². The highest BCUT2D eigenvalue weighted by Gasteiger charge is 2.35. The molecular formula is C37H32O3. The zero-order valence-corrected chi connectivity index (χ0v) is 22.3. The fourth-order valence-corrected chi connectivity index (χ4v) is 5.05. The number of Topliss-reactive ketones (excluding diaryl/α,β-unsaturated/α-hetero) is 1. The molecule has 3 heteroatoms. The third-order valence-corrected chi connectivity index (χ3v) is 7.05.